The molecule has 1 heterocycles. The summed E-state index contributed by atoms with van der Waals surface area (Å²) in [6.07, 6.45) is 5.65. The van der Waals surface area contributed by atoms with Gasteiger partial charge in [-0.3, -0.25) is 10.1 Å². The van der Waals surface area contributed by atoms with Gasteiger partial charge in [-0.15, -0.1) is 11.3 Å². The van der Waals surface area contributed by atoms with Crippen molar-refractivity contribution in [3.05, 3.63) is 80.8 Å². The maximum atomic E-state index is 13.0. The van der Waals surface area contributed by atoms with Gasteiger partial charge < -0.3 is 4.74 Å². The van der Waals surface area contributed by atoms with Crippen LogP contribution in [0.1, 0.15) is 67.0 Å². The van der Waals surface area contributed by atoms with Crippen LogP contribution in [0.3, 0.4) is 0 Å². The molecule has 206 valence electrons. The second kappa shape index (κ2) is 14.7. The Balaban J connectivity index is 1.55. The summed E-state index contributed by atoms with van der Waals surface area (Å²) >= 11 is 7.18. The lowest BCUT2D eigenvalue weighted by atomic mass is 10.1. The highest BCUT2D eigenvalue weighted by Crippen LogP contribution is 2.33. The van der Waals surface area contributed by atoms with E-state index in [0.717, 1.165) is 42.1 Å². The number of carbonyl (C=O) groups is 1. The molecule has 0 saturated carbocycles. The number of rotatable bonds is 13. The molecule has 0 aliphatic heterocycles. The smallest absolute Gasteiger partial charge is 0.416 e. The summed E-state index contributed by atoms with van der Waals surface area (Å²) in [6.45, 7) is 2.83. The molecule has 39 heavy (non-hydrogen) atoms. The number of amides is 1. The van der Waals surface area contributed by atoms with Gasteiger partial charge in [0.2, 0.25) is 0 Å². The van der Waals surface area contributed by atoms with Crippen molar-refractivity contribution in [2.75, 3.05) is 11.9 Å². The van der Waals surface area contributed by atoms with E-state index in [0.29, 0.717) is 22.6 Å². The van der Waals surface area contributed by atoms with Crippen molar-refractivity contribution in [1.82, 2.24) is 4.98 Å². The van der Waals surface area contributed by atoms with E-state index in [1.54, 1.807) is 24.3 Å². The van der Waals surface area contributed by atoms with Crippen LogP contribution in [0.2, 0.25) is 5.02 Å². The molecule has 2 aromatic carbocycles. The number of nitrogens with zero attached hydrogens (tertiary/aromatic N) is 2. The Kier molecular flexibility index (Phi) is 11.4. The van der Waals surface area contributed by atoms with Crippen molar-refractivity contribution >= 4 is 40.1 Å². The quantitative estimate of drug-likeness (QED) is 0.126. The number of anilines is 1. The Morgan fingerprint density at radius 1 is 1.13 bits per heavy atom. The maximum Gasteiger partial charge on any atom is 0.416 e. The molecule has 0 aliphatic rings. The first kappa shape index (κ1) is 30.2. The Labute approximate surface area is 235 Å². The summed E-state index contributed by atoms with van der Waals surface area (Å²) in [5.41, 5.74) is 0.0484. The van der Waals surface area contributed by atoms with Gasteiger partial charge in [-0.1, -0.05) is 62.8 Å². The van der Waals surface area contributed by atoms with Crippen LogP contribution in [0, 0.1) is 11.3 Å². The first-order valence-corrected chi connectivity index (χ1v) is 13.9. The molecule has 3 rings (SSSR count). The molecule has 0 radical (unpaired) electrons. The van der Waals surface area contributed by atoms with Gasteiger partial charge in [0, 0.05) is 22.5 Å². The summed E-state index contributed by atoms with van der Waals surface area (Å²) in [5.74, 6) is 0.0822. The van der Waals surface area contributed by atoms with E-state index < -0.39 is 17.6 Å². The van der Waals surface area contributed by atoms with Gasteiger partial charge in [-0.05, 0) is 54.0 Å². The van der Waals surface area contributed by atoms with Crippen LogP contribution >= 0.6 is 22.9 Å². The number of nitriles is 1. The summed E-state index contributed by atoms with van der Waals surface area (Å²) in [5, 5.41) is 12.5. The first-order chi connectivity index (χ1) is 18.7. The number of nitrogens with one attached hydrogen (secondary N) is 1. The van der Waals surface area contributed by atoms with Gasteiger partial charge >= 0.3 is 6.18 Å². The van der Waals surface area contributed by atoms with Crippen molar-refractivity contribution in [2.45, 2.75) is 58.0 Å². The highest BCUT2D eigenvalue weighted by Gasteiger charge is 2.31. The molecular formula is C29H29ClF3N3O2S. The molecule has 0 fully saturated rings. The van der Waals surface area contributed by atoms with Crippen molar-refractivity contribution < 1.29 is 22.7 Å². The second-order valence-corrected chi connectivity index (χ2v) is 10.4. The maximum absolute atomic E-state index is 13.0. The van der Waals surface area contributed by atoms with E-state index in [1.165, 1.54) is 44.0 Å². The predicted octanol–water partition coefficient (Wildman–Crippen LogP) is 8.69. The van der Waals surface area contributed by atoms with Crippen LogP contribution in [0.25, 0.3) is 6.08 Å². The molecule has 0 bridgehead atoms. The van der Waals surface area contributed by atoms with Gasteiger partial charge in [-0.25, -0.2) is 4.98 Å². The van der Waals surface area contributed by atoms with E-state index in [9.17, 15) is 23.2 Å². The number of alkyl halides is 3. The third-order valence-electron chi connectivity index (χ3n) is 5.83. The average Bonchev–Trinajstić information content (AvgIpc) is 3.34. The minimum absolute atomic E-state index is 0.116. The fraction of sp³-hybridized carbons (Fsp3) is 0.345. The monoisotopic (exact) mass is 575 g/mol. The topological polar surface area (TPSA) is 75.0 Å². The molecule has 0 atom stereocenters. The van der Waals surface area contributed by atoms with Gasteiger partial charge in [0.25, 0.3) is 5.91 Å². The summed E-state index contributed by atoms with van der Waals surface area (Å²) in [6, 6.07) is 12.2. The van der Waals surface area contributed by atoms with E-state index in [1.807, 2.05) is 6.07 Å². The third-order valence-corrected chi connectivity index (χ3v) is 7.12. The number of carbonyl (C=O) groups excluding carboxylic acids is 1. The fourth-order valence-corrected chi connectivity index (χ4v) is 4.75. The molecule has 0 unspecified atom stereocenters. The molecule has 1 aromatic heterocycles. The standard InChI is InChI=1S/C29H29ClF3N3O2S/c1-2-3-4-5-6-7-14-38-24-11-8-20(9-12-24)15-22(18-34)27(37)36-28-35-19-25(39-28)17-21-16-23(29(31,32)33)10-13-26(21)30/h8-13,15-16,19H,2-7,14,17H2,1H3,(H,35,36,37)/b22-15+. The molecule has 5 nitrogen and oxygen atoms in total. The predicted molar refractivity (Wildman–Crippen MR) is 149 cm³/mol. The number of hydrogen-bond donors (Lipinski definition) is 1. The Morgan fingerprint density at radius 2 is 1.85 bits per heavy atom. The molecule has 0 spiro atoms. The highest BCUT2D eigenvalue weighted by atomic mass is 35.5. The van der Waals surface area contributed by atoms with Gasteiger partial charge in [0.15, 0.2) is 5.13 Å². The van der Waals surface area contributed by atoms with Gasteiger partial charge in [0.1, 0.15) is 17.4 Å². The largest absolute Gasteiger partial charge is 0.494 e. The fourth-order valence-electron chi connectivity index (χ4n) is 3.73. The lowest BCUT2D eigenvalue weighted by Crippen LogP contribution is -2.13. The lowest BCUT2D eigenvalue weighted by Gasteiger charge is -2.09. The van der Waals surface area contributed by atoms with E-state index in [4.69, 9.17) is 16.3 Å². The Morgan fingerprint density at radius 3 is 2.54 bits per heavy atom. The van der Waals surface area contributed by atoms with E-state index >= 15 is 0 Å². The average molecular weight is 576 g/mol. The highest BCUT2D eigenvalue weighted by molar-refractivity contribution is 7.15. The number of thiazole rings is 1. The SMILES string of the molecule is CCCCCCCCOc1ccc(/C=C(\C#N)C(=O)Nc2ncc(Cc3cc(C(F)(F)F)ccc3Cl)s2)cc1. The van der Waals surface area contributed by atoms with Crippen molar-refractivity contribution in [1.29, 1.82) is 5.26 Å². The minimum Gasteiger partial charge on any atom is -0.494 e. The van der Waals surface area contributed by atoms with Crippen LogP contribution in [0.5, 0.6) is 5.75 Å². The second-order valence-electron chi connectivity index (χ2n) is 8.92. The zero-order valence-corrected chi connectivity index (χ0v) is 23.1. The van der Waals surface area contributed by atoms with Gasteiger partial charge in [0.05, 0.1) is 12.2 Å². The van der Waals surface area contributed by atoms with Crippen LogP contribution < -0.4 is 10.1 Å². The van der Waals surface area contributed by atoms with Crippen molar-refractivity contribution in [3.8, 4) is 11.8 Å². The normalized spacial score (nSPS) is 11.7. The minimum atomic E-state index is -4.48. The number of ether oxygens (including phenoxy) is 1. The zero-order valence-electron chi connectivity index (χ0n) is 21.5. The Bertz CT molecular complexity index is 1310. The van der Waals surface area contributed by atoms with Crippen LogP contribution in [-0.4, -0.2) is 17.5 Å². The first-order valence-electron chi connectivity index (χ1n) is 12.7. The summed E-state index contributed by atoms with van der Waals surface area (Å²) in [4.78, 5) is 17.4. The zero-order chi connectivity index (χ0) is 28.3. The molecule has 10 heteroatoms. The molecule has 3 aromatic rings. The summed E-state index contributed by atoms with van der Waals surface area (Å²) in [7, 11) is 0. The number of aromatic nitrogens is 1. The molecule has 1 amide bonds. The molecule has 0 aliphatic carbocycles. The van der Waals surface area contributed by atoms with Crippen LogP contribution in [0.15, 0.2) is 54.2 Å². The number of unbranched alkanes of at least 4 members (excludes halogenated alkanes) is 5. The van der Waals surface area contributed by atoms with E-state index in [-0.39, 0.29) is 22.1 Å². The molecule has 1 N–H and O–H groups in total. The number of halogens is 4. The number of hydrogen-bond acceptors (Lipinski definition) is 5. The third kappa shape index (κ3) is 9.72. The summed E-state index contributed by atoms with van der Waals surface area (Å²) < 4.78 is 44.9. The van der Waals surface area contributed by atoms with Crippen LogP contribution in [0.4, 0.5) is 18.3 Å². The lowest BCUT2D eigenvalue weighted by molar-refractivity contribution is -0.137. The van der Waals surface area contributed by atoms with E-state index in [2.05, 4.69) is 17.2 Å². The molecular weight excluding hydrogens is 547 g/mol. The van der Waals surface area contributed by atoms with Crippen LogP contribution in [-0.2, 0) is 17.4 Å². The Hall–Kier alpha value is -3.35. The van der Waals surface area contributed by atoms with Crippen molar-refractivity contribution in [2.24, 2.45) is 0 Å². The van der Waals surface area contributed by atoms with Crippen molar-refractivity contribution in [3.63, 3.8) is 0 Å². The number of benzene rings is 2. The molecule has 0 saturated heterocycles. The van der Waals surface area contributed by atoms with Gasteiger partial charge in [-0.2, -0.15) is 18.4 Å².